The van der Waals surface area contributed by atoms with Gasteiger partial charge in [-0.1, -0.05) is 96.8 Å². The fourth-order valence-electron chi connectivity index (χ4n) is 3.74. The van der Waals surface area contributed by atoms with E-state index in [0.29, 0.717) is 6.42 Å². The molecule has 1 atom stereocenters. The molecule has 0 heterocycles. The first-order valence-corrected chi connectivity index (χ1v) is 12.1. The molecular formula is C24H46NNaO5. The number of hydrogen-bond donors (Lipinski definition) is 2. The van der Waals surface area contributed by atoms with Gasteiger partial charge >= 0.3 is 41.5 Å². The molecule has 0 aromatic carbocycles. The topological polar surface area (TPSA) is 94.9 Å². The summed E-state index contributed by atoms with van der Waals surface area (Å²) in [6.45, 7) is 2.25. The van der Waals surface area contributed by atoms with Crippen molar-refractivity contribution in [3.05, 3.63) is 0 Å². The van der Waals surface area contributed by atoms with Crippen LogP contribution < -0.4 is 0 Å². The molecule has 1 unspecified atom stereocenters. The number of carboxylic acids is 2. The second kappa shape index (κ2) is 22.6. The van der Waals surface area contributed by atoms with Gasteiger partial charge in [-0.15, -0.1) is 0 Å². The average Bonchev–Trinajstić information content (AvgIpc) is 2.70. The summed E-state index contributed by atoms with van der Waals surface area (Å²) in [7, 11) is 1.45. The predicted octanol–water partition coefficient (Wildman–Crippen LogP) is 5.38. The molecule has 0 fully saturated rings. The number of carboxylic acid groups (broad SMARTS) is 2. The van der Waals surface area contributed by atoms with Crippen molar-refractivity contribution in [2.24, 2.45) is 0 Å². The van der Waals surface area contributed by atoms with Gasteiger partial charge in [-0.2, -0.15) is 0 Å². The van der Waals surface area contributed by atoms with Gasteiger partial charge in [-0.05, 0) is 12.8 Å². The maximum atomic E-state index is 12.2. The van der Waals surface area contributed by atoms with E-state index in [9.17, 15) is 19.5 Å². The molecule has 178 valence electrons. The molecule has 2 N–H and O–H groups in total. The number of carbonyl (C=O) groups is 3. The molecule has 1 amide bonds. The predicted molar refractivity (Wildman–Crippen MR) is 128 cm³/mol. The second-order valence-corrected chi connectivity index (χ2v) is 8.49. The van der Waals surface area contributed by atoms with Crippen molar-refractivity contribution in [1.29, 1.82) is 0 Å². The number of unbranched alkanes of at least 4 members (excludes halogenated alkanes) is 14. The molecule has 6 nitrogen and oxygen atoms in total. The molecule has 0 saturated carbocycles. The molecule has 0 aliphatic rings. The van der Waals surface area contributed by atoms with Crippen LogP contribution in [0.5, 0.6) is 0 Å². The van der Waals surface area contributed by atoms with Crippen molar-refractivity contribution >= 4 is 47.4 Å². The zero-order chi connectivity index (χ0) is 22.6. The van der Waals surface area contributed by atoms with Crippen LogP contribution in [0.2, 0.25) is 0 Å². The number of nitrogens with zero attached hydrogens (tertiary/aromatic N) is 1. The molecule has 0 spiro atoms. The van der Waals surface area contributed by atoms with Crippen LogP contribution in [0.1, 0.15) is 122 Å². The van der Waals surface area contributed by atoms with Crippen LogP contribution in [0.4, 0.5) is 0 Å². The molecule has 0 aliphatic heterocycles. The average molecular weight is 452 g/mol. The van der Waals surface area contributed by atoms with Gasteiger partial charge in [0.25, 0.3) is 0 Å². The van der Waals surface area contributed by atoms with Crippen molar-refractivity contribution in [1.82, 2.24) is 4.90 Å². The molecule has 0 rings (SSSR count). The van der Waals surface area contributed by atoms with E-state index in [2.05, 4.69) is 6.92 Å². The van der Waals surface area contributed by atoms with Crippen LogP contribution in [-0.4, -0.2) is 75.6 Å². The Hall–Kier alpha value is -0.590. The fourth-order valence-corrected chi connectivity index (χ4v) is 3.74. The standard InChI is InChI=1S/C24H45NO5.Na.H/c1-3-4-5-6-7-8-9-10-11-12-13-14-15-16-17-18-22(26)25(2)21(24(29)30)19-20-23(27)28;;/h21H,3-20H2,1-2H3,(H,27,28)(H,29,30);;. The van der Waals surface area contributed by atoms with Crippen molar-refractivity contribution in [3.63, 3.8) is 0 Å². The van der Waals surface area contributed by atoms with Crippen LogP contribution in [0.15, 0.2) is 0 Å². The molecule has 0 aliphatic carbocycles. The van der Waals surface area contributed by atoms with Gasteiger partial charge < -0.3 is 15.1 Å². The van der Waals surface area contributed by atoms with Gasteiger partial charge in [-0.25, -0.2) is 4.79 Å². The summed E-state index contributed by atoms with van der Waals surface area (Å²) in [6, 6.07) is -1.06. The van der Waals surface area contributed by atoms with E-state index in [0.717, 1.165) is 19.3 Å². The second-order valence-electron chi connectivity index (χ2n) is 8.49. The number of amides is 1. The first-order valence-electron chi connectivity index (χ1n) is 12.1. The van der Waals surface area contributed by atoms with E-state index < -0.39 is 18.0 Å². The quantitative estimate of drug-likeness (QED) is 0.181. The Morgan fingerprint density at radius 2 is 1.06 bits per heavy atom. The van der Waals surface area contributed by atoms with Crippen molar-refractivity contribution in [2.75, 3.05) is 7.05 Å². The number of aliphatic carboxylic acids is 2. The molecular weight excluding hydrogens is 405 g/mol. The summed E-state index contributed by atoms with van der Waals surface area (Å²) in [5.41, 5.74) is 0. The number of rotatable bonds is 21. The van der Waals surface area contributed by atoms with Gasteiger partial charge in [-0.3, -0.25) is 9.59 Å². The summed E-state index contributed by atoms with van der Waals surface area (Å²) in [5.74, 6) is -2.42. The third kappa shape index (κ3) is 19.8. The first kappa shape index (κ1) is 32.6. The molecule has 0 aromatic heterocycles. The van der Waals surface area contributed by atoms with E-state index in [-0.39, 0.29) is 48.3 Å². The Kier molecular flexibility index (Phi) is 23.8. The monoisotopic (exact) mass is 451 g/mol. The van der Waals surface area contributed by atoms with Crippen LogP contribution in [0.25, 0.3) is 0 Å². The Bertz CT molecular complexity index is 473. The van der Waals surface area contributed by atoms with Crippen molar-refractivity contribution in [2.45, 2.75) is 129 Å². The minimum absolute atomic E-state index is 0. The maximum absolute atomic E-state index is 12.2. The molecule has 0 bridgehead atoms. The van der Waals surface area contributed by atoms with E-state index in [4.69, 9.17) is 5.11 Å². The van der Waals surface area contributed by atoms with Gasteiger partial charge in [0.1, 0.15) is 6.04 Å². The SMILES string of the molecule is CCCCCCCCCCCCCCCCCC(=O)N(C)C(CCC(=O)O)C(=O)O.[NaH]. The Labute approximate surface area is 211 Å². The van der Waals surface area contributed by atoms with Crippen LogP contribution in [-0.2, 0) is 14.4 Å². The minimum atomic E-state index is -1.15. The Balaban J connectivity index is 0. The van der Waals surface area contributed by atoms with Crippen LogP contribution in [0, 0.1) is 0 Å². The van der Waals surface area contributed by atoms with Gasteiger partial charge in [0.2, 0.25) is 5.91 Å². The zero-order valence-electron chi connectivity index (χ0n) is 19.4. The van der Waals surface area contributed by atoms with Crippen molar-refractivity contribution < 1.29 is 24.6 Å². The van der Waals surface area contributed by atoms with E-state index in [1.54, 1.807) is 0 Å². The summed E-state index contributed by atoms with van der Waals surface area (Å²) in [5, 5.41) is 17.9. The van der Waals surface area contributed by atoms with E-state index >= 15 is 0 Å². The summed E-state index contributed by atoms with van der Waals surface area (Å²) < 4.78 is 0. The summed E-state index contributed by atoms with van der Waals surface area (Å²) in [4.78, 5) is 35.3. The number of hydrogen-bond acceptors (Lipinski definition) is 3. The van der Waals surface area contributed by atoms with Crippen molar-refractivity contribution in [3.8, 4) is 0 Å². The fraction of sp³-hybridized carbons (Fsp3) is 0.875. The summed E-state index contributed by atoms with van der Waals surface area (Å²) in [6.07, 6.45) is 18.9. The van der Waals surface area contributed by atoms with Crippen LogP contribution in [0.3, 0.4) is 0 Å². The van der Waals surface area contributed by atoms with Crippen LogP contribution >= 0.6 is 0 Å². The Morgan fingerprint density at radius 3 is 1.42 bits per heavy atom. The molecule has 0 radical (unpaired) electrons. The normalized spacial score (nSPS) is 11.5. The Morgan fingerprint density at radius 1 is 0.677 bits per heavy atom. The van der Waals surface area contributed by atoms with Gasteiger partial charge in [0.05, 0.1) is 0 Å². The first-order chi connectivity index (χ1) is 14.4. The third-order valence-corrected chi connectivity index (χ3v) is 5.77. The number of likely N-dealkylation sites (N-methyl/N-ethyl adjacent to an activating group) is 1. The summed E-state index contributed by atoms with van der Waals surface area (Å²) >= 11 is 0. The van der Waals surface area contributed by atoms with E-state index in [1.165, 1.54) is 89.0 Å². The molecule has 0 saturated heterocycles. The molecule has 31 heavy (non-hydrogen) atoms. The molecule has 0 aromatic rings. The third-order valence-electron chi connectivity index (χ3n) is 5.77. The van der Waals surface area contributed by atoms with Gasteiger partial charge in [0, 0.05) is 19.9 Å². The van der Waals surface area contributed by atoms with E-state index in [1.807, 2.05) is 0 Å². The molecule has 7 heteroatoms. The van der Waals surface area contributed by atoms with Gasteiger partial charge in [0.15, 0.2) is 0 Å². The zero-order valence-corrected chi connectivity index (χ0v) is 19.4. The number of carbonyl (C=O) groups excluding carboxylic acids is 1.